The summed E-state index contributed by atoms with van der Waals surface area (Å²) < 4.78 is 3.27. The summed E-state index contributed by atoms with van der Waals surface area (Å²) in [5.41, 5.74) is 2.71. The summed E-state index contributed by atoms with van der Waals surface area (Å²) in [5.74, 6) is 0.502. The number of nitrogens with one attached hydrogen (secondary N) is 2. The number of fused-ring (bicyclic) bond motifs is 1. The summed E-state index contributed by atoms with van der Waals surface area (Å²) in [7, 11) is 1.79. The minimum atomic E-state index is -0.635. The number of benzene rings is 1. The molecule has 3 fully saturated rings. The largest absolute Gasteiger partial charge is 0.329 e. The maximum absolute atomic E-state index is 13.2. The van der Waals surface area contributed by atoms with Crippen LogP contribution in [0.25, 0.3) is 11.0 Å². The number of aryl methyl sites for hydroxylation is 1. The van der Waals surface area contributed by atoms with Crippen molar-refractivity contribution in [3.05, 3.63) is 34.2 Å². The van der Waals surface area contributed by atoms with Gasteiger partial charge in [0.05, 0.1) is 11.0 Å². The van der Waals surface area contributed by atoms with Crippen LogP contribution >= 0.6 is 0 Å². The molecule has 3 aliphatic rings. The lowest BCUT2D eigenvalue weighted by Gasteiger charge is -2.27. The van der Waals surface area contributed by atoms with Crippen molar-refractivity contribution in [2.75, 3.05) is 32.7 Å². The van der Waals surface area contributed by atoms with Gasteiger partial charge in [-0.1, -0.05) is 12.1 Å². The van der Waals surface area contributed by atoms with E-state index in [1.165, 1.54) is 18.4 Å². The van der Waals surface area contributed by atoms with Gasteiger partial charge in [-0.3, -0.25) is 24.0 Å². The molecule has 1 aromatic carbocycles. The van der Waals surface area contributed by atoms with E-state index in [2.05, 4.69) is 21.6 Å². The zero-order chi connectivity index (χ0) is 21.5. The third-order valence-corrected chi connectivity index (χ3v) is 7.34. The van der Waals surface area contributed by atoms with Crippen molar-refractivity contribution in [1.29, 1.82) is 0 Å². The molecule has 0 radical (unpaired) electrons. The normalized spacial score (nSPS) is 26.0. The van der Waals surface area contributed by atoms with Gasteiger partial charge < -0.3 is 10.2 Å². The van der Waals surface area contributed by atoms with Crippen LogP contribution in [0.1, 0.15) is 49.6 Å². The average molecular weight is 426 g/mol. The van der Waals surface area contributed by atoms with Crippen molar-refractivity contribution in [3.8, 4) is 0 Å². The first-order valence-corrected chi connectivity index (χ1v) is 11.5. The van der Waals surface area contributed by atoms with E-state index >= 15 is 0 Å². The number of hydrogen-bond donors (Lipinski definition) is 2. The molecule has 3 aliphatic heterocycles. The maximum Gasteiger partial charge on any atom is 0.329 e. The summed E-state index contributed by atoms with van der Waals surface area (Å²) in [5, 5.41) is 5.83. The van der Waals surface area contributed by atoms with Gasteiger partial charge in [0.15, 0.2) is 0 Å². The first-order valence-electron chi connectivity index (χ1n) is 11.5. The molecule has 2 unspecified atom stereocenters. The lowest BCUT2D eigenvalue weighted by Crippen LogP contribution is -2.44. The van der Waals surface area contributed by atoms with Gasteiger partial charge >= 0.3 is 5.69 Å². The average Bonchev–Trinajstić information content (AvgIpc) is 3.32. The summed E-state index contributed by atoms with van der Waals surface area (Å²) >= 11 is 0. The van der Waals surface area contributed by atoms with Gasteiger partial charge in [-0.05, 0) is 68.8 Å². The van der Waals surface area contributed by atoms with E-state index in [4.69, 9.17) is 0 Å². The predicted octanol–water partition coefficient (Wildman–Crippen LogP) is 1.11. The van der Waals surface area contributed by atoms with Gasteiger partial charge in [0.25, 0.3) is 0 Å². The van der Waals surface area contributed by atoms with Crippen LogP contribution in [0.3, 0.4) is 0 Å². The highest BCUT2D eigenvalue weighted by molar-refractivity contribution is 6.00. The molecular formula is C23H31N5O3. The minimum absolute atomic E-state index is 0.193. The van der Waals surface area contributed by atoms with Gasteiger partial charge in [-0.25, -0.2) is 4.79 Å². The molecule has 0 bridgehead atoms. The summed E-state index contributed by atoms with van der Waals surface area (Å²) in [6, 6.07) is 5.42. The number of carbonyl (C=O) groups is 2. The molecule has 2 amide bonds. The van der Waals surface area contributed by atoms with E-state index in [9.17, 15) is 14.4 Å². The van der Waals surface area contributed by atoms with Crippen LogP contribution in [0.4, 0.5) is 0 Å². The Morgan fingerprint density at radius 1 is 1.06 bits per heavy atom. The van der Waals surface area contributed by atoms with E-state index < -0.39 is 6.04 Å². The molecule has 166 valence electrons. The number of piperidine rings is 2. The van der Waals surface area contributed by atoms with Gasteiger partial charge in [0, 0.05) is 26.6 Å². The Bertz CT molecular complexity index is 1070. The fraction of sp³-hybridized carbons (Fsp3) is 0.609. The minimum Gasteiger partial charge on any atom is -0.317 e. The molecule has 3 saturated heterocycles. The number of aromatic nitrogens is 2. The van der Waals surface area contributed by atoms with Crippen molar-refractivity contribution in [2.45, 2.75) is 44.1 Å². The number of imidazole rings is 1. The standard InChI is InChI=1S/C23H31N5O3/c1-26-21-17(16-9-12-27(14-16)13-15-7-10-24-11-8-15)3-2-4-18(21)28(23(26)31)19-5-6-20(29)25-22(19)30/h2-4,15-16,19,24H,5-14H2,1H3,(H,25,29,30). The van der Waals surface area contributed by atoms with E-state index in [0.717, 1.165) is 56.1 Å². The van der Waals surface area contributed by atoms with E-state index in [1.54, 1.807) is 16.2 Å². The molecule has 31 heavy (non-hydrogen) atoms. The number of nitrogens with zero attached hydrogens (tertiary/aromatic N) is 3. The van der Waals surface area contributed by atoms with Crippen LogP contribution in [0.15, 0.2) is 23.0 Å². The van der Waals surface area contributed by atoms with Crippen LogP contribution in [0.2, 0.25) is 0 Å². The first kappa shape index (κ1) is 20.5. The molecule has 0 saturated carbocycles. The van der Waals surface area contributed by atoms with Crippen molar-refractivity contribution >= 4 is 22.8 Å². The summed E-state index contributed by atoms with van der Waals surface area (Å²) in [4.78, 5) is 39.8. The molecule has 2 N–H and O–H groups in total. The number of carbonyl (C=O) groups excluding carboxylic acids is 2. The first-order chi connectivity index (χ1) is 15.0. The fourth-order valence-electron chi connectivity index (χ4n) is 5.71. The number of imide groups is 1. The van der Waals surface area contributed by atoms with Crippen LogP contribution in [-0.4, -0.2) is 58.6 Å². The van der Waals surface area contributed by atoms with Crippen molar-refractivity contribution < 1.29 is 9.59 Å². The van der Waals surface area contributed by atoms with Crippen molar-refractivity contribution in [1.82, 2.24) is 24.7 Å². The molecule has 8 nitrogen and oxygen atoms in total. The number of rotatable bonds is 4. The second-order valence-electron chi connectivity index (χ2n) is 9.33. The molecular weight excluding hydrogens is 394 g/mol. The molecule has 5 rings (SSSR count). The molecule has 0 aliphatic carbocycles. The summed E-state index contributed by atoms with van der Waals surface area (Å²) in [6.45, 7) is 5.51. The van der Waals surface area contributed by atoms with Crippen molar-refractivity contribution in [3.63, 3.8) is 0 Å². The lowest BCUT2D eigenvalue weighted by atomic mass is 9.96. The van der Waals surface area contributed by atoms with Crippen LogP contribution in [0, 0.1) is 5.92 Å². The quantitative estimate of drug-likeness (QED) is 0.717. The Morgan fingerprint density at radius 3 is 2.65 bits per heavy atom. The third-order valence-electron chi connectivity index (χ3n) is 7.34. The molecule has 8 heteroatoms. The Hall–Kier alpha value is -2.45. The smallest absolute Gasteiger partial charge is 0.317 e. The Balaban J connectivity index is 1.44. The van der Waals surface area contributed by atoms with Gasteiger partial charge in [0.2, 0.25) is 11.8 Å². The highest BCUT2D eigenvalue weighted by atomic mass is 16.2. The highest BCUT2D eigenvalue weighted by Gasteiger charge is 2.33. The topological polar surface area (TPSA) is 88.4 Å². The zero-order valence-corrected chi connectivity index (χ0v) is 18.1. The number of likely N-dealkylation sites (tertiary alicyclic amines) is 1. The Morgan fingerprint density at radius 2 is 1.87 bits per heavy atom. The molecule has 4 heterocycles. The van der Waals surface area contributed by atoms with E-state index in [-0.39, 0.29) is 23.9 Å². The number of amides is 2. The second-order valence-corrected chi connectivity index (χ2v) is 9.33. The maximum atomic E-state index is 13.2. The second kappa shape index (κ2) is 8.24. The van der Waals surface area contributed by atoms with E-state index in [1.807, 2.05) is 12.1 Å². The van der Waals surface area contributed by atoms with Crippen LogP contribution in [0.5, 0.6) is 0 Å². The Labute approximate surface area is 181 Å². The molecule has 0 spiro atoms. The SMILES string of the molecule is Cn1c(=O)n(C2CCC(=O)NC2=O)c2cccc(C3CCN(CC4CCNCC4)C3)c21. The number of hydrogen-bond acceptors (Lipinski definition) is 5. The van der Waals surface area contributed by atoms with Crippen LogP contribution in [-0.2, 0) is 16.6 Å². The third kappa shape index (κ3) is 3.72. The van der Waals surface area contributed by atoms with Crippen LogP contribution < -0.4 is 16.3 Å². The molecule has 2 aromatic rings. The molecule has 2 atom stereocenters. The number of para-hydroxylation sites is 1. The van der Waals surface area contributed by atoms with Gasteiger partial charge in [0.1, 0.15) is 6.04 Å². The monoisotopic (exact) mass is 425 g/mol. The van der Waals surface area contributed by atoms with Gasteiger partial charge in [-0.15, -0.1) is 0 Å². The fourth-order valence-corrected chi connectivity index (χ4v) is 5.71. The summed E-state index contributed by atoms with van der Waals surface area (Å²) in [6.07, 6.45) is 4.20. The zero-order valence-electron chi connectivity index (χ0n) is 18.1. The molecule has 1 aromatic heterocycles. The highest BCUT2D eigenvalue weighted by Crippen LogP contribution is 2.34. The predicted molar refractivity (Wildman–Crippen MR) is 118 cm³/mol. The van der Waals surface area contributed by atoms with Crippen molar-refractivity contribution in [2.24, 2.45) is 13.0 Å². The van der Waals surface area contributed by atoms with Gasteiger partial charge in [-0.2, -0.15) is 0 Å². The van der Waals surface area contributed by atoms with E-state index in [0.29, 0.717) is 12.3 Å². The Kier molecular flexibility index (Phi) is 5.44. The lowest BCUT2D eigenvalue weighted by molar-refractivity contribution is -0.135.